The minimum Gasteiger partial charge on any atom is -0.465 e. The monoisotopic (exact) mass is 353 g/mol. The molecule has 2 rings (SSSR count). The van der Waals surface area contributed by atoms with Gasteiger partial charge < -0.3 is 10.1 Å². The molecule has 0 spiro atoms. The number of nitrogens with zero attached hydrogens (tertiary/aromatic N) is 3. The first-order valence-corrected chi connectivity index (χ1v) is 8.30. The molecule has 0 unspecified atom stereocenters. The summed E-state index contributed by atoms with van der Waals surface area (Å²) in [5, 5.41) is 12.7. The van der Waals surface area contributed by atoms with E-state index in [1.807, 2.05) is 0 Å². The second kappa shape index (κ2) is 8.44. The lowest BCUT2D eigenvalue weighted by atomic mass is 10.3. The molecule has 23 heavy (non-hydrogen) atoms. The number of aromatic nitrogens is 4. The first-order valence-electron chi connectivity index (χ1n) is 6.74. The summed E-state index contributed by atoms with van der Waals surface area (Å²) in [6.45, 7) is 2.08. The highest BCUT2D eigenvalue weighted by molar-refractivity contribution is 8.00. The van der Waals surface area contributed by atoms with Gasteiger partial charge in [0.2, 0.25) is 10.7 Å². The third-order valence-electron chi connectivity index (χ3n) is 2.62. The van der Waals surface area contributed by atoms with Crippen LogP contribution in [0.1, 0.15) is 6.92 Å². The maximum absolute atomic E-state index is 11.9. The van der Waals surface area contributed by atoms with Gasteiger partial charge >= 0.3 is 5.97 Å². The first kappa shape index (κ1) is 17.2. The van der Waals surface area contributed by atoms with Gasteiger partial charge in [-0.15, -0.1) is 11.8 Å². The molecule has 122 valence electrons. The minimum absolute atomic E-state index is 0.149. The van der Waals surface area contributed by atoms with Crippen LogP contribution in [0.3, 0.4) is 0 Å². The average molecular weight is 353 g/mol. The van der Waals surface area contributed by atoms with Crippen LogP contribution in [0, 0.1) is 4.77 Å². The van der Waals surface area contributed by atoms with Crippen LogP contribution in [0.2, 0.25) is 0 Å². The number of hydrogen-bond donors (Lipinski definition) is 2. The van der Waals surface area contributed by atoms with Crippen LogP contribution in [0.4, 0.5) is 5.69 Å². The molecule has 1 heterocycles. The van der Waals surface area contributed by atoms with Gasteiger partial charge in [0.05, 0.1) is 23.8 Å². The Morgan fingerprint density at radius 1 is 1.43 bits per heavy atom. The topological polar surface area (TPSA) is 102 Å². The molecular formula is C13H15N5O3S2. The molecule has 0 saturated heterocycles. The largest absolute Gasteiger partial charge is 0.465 e. The average Bonchev–Trinajstić information content (AvgIpc) is 2.94. The highest BCUT2D eigenvalue weighted by Crippen LogP contribution is 2.14. The molecule has 1 amide bonds. The molecule has 8 nitrogen and oxygen atoms in total. The second-order valence-electron chi connectivity index (χ2n) is 4.31. The highest BCUT2D eigenvalue weighted by Gasteiger charge is 2.07. The summed E-state index contributed by atoms with van der Waals surface area (Å²) in [5.41, 5.74) is 1.32. The zero-order valence-electron chi connectivity index (χ0n) is 12.3. The lowest BCUT2D eigenvalue weighted by molar-refractivity contribution is -0.139. The van der Waals surface area contributed by atoms with Gasteiger partial charge in [-0.25, -0.2) is 4.68 Å². The number of benzene rings is 1. The molecule has 2 N–H and O–H groups in total. The van der Waals surface area contributed by atoms with Gasteiger partial charge in [0.1, 0.15) is 0 Å². The predicted octanol–water partition coefficient (Wildman–Crippen LogP) is 1.56. The second-order valence-corrected chi connectivity index (χ2v) is 5.67. The van der Waals surface area contributed by atoms with Gasteiger partial charge in [-0.05, 0) is 37.3 Å². The molecule has 1 aromatic heterocycles. The molecule has 0 radical (unpaired) electrons. The van der Waals surface area contributed by atoms with E-state index >= 15 is 0 Å². The van der Waals surface area contributed by atoms with Crippen LogP contribution >= 0.6 is 24.0 Å². The number of ether oxygens (including phenoxy) is 1. The number of esters is 1. The van der Waals surface area contributed by atoms with Crippen LogP contribution in [0.15, 0.2) is 24.3 Å². The molecule has 0 atom stereocenters. The maximum Gasteiger partial charge on any atom is 0.315 e. The Labute approximate surface area is 141 Å². The number of anilines is 1. The van der Waals surface area contributed by atoms with E-state index in [-0.39, 0.29) is 23.4 Å². The lowest BCUT2D eigenvalue weighted by Crippen LogP contribution is -2.16. The number of tetrazole rings is 1. The molecule has 0 fully saturated rings. The Morgan fingerprint density at radius 2 is 2.26 bits per heavy atom. The Morgan fingerprint density at radius 3 is 2.96 bits per heavy atom. The molecule has 2 aromatic rings. The molecule has 0 aliphatic rings. The van der Waals surface area contributed by atoms with E-state index in [0.29, 0.717) is 22.8 Å². The normalized spacial score (nSPS) is 10.3. The number of carbonyl (C=O) groups is 2. The fourth-order valence-electron chi connectivity index (χ4n) is 1.72. The minimum atomic E-state index is -0.326. The zero-order valence-corrected chi connectivity index (χ0v) is 13.9. The van der Waals surface area contributed by atoms with Crippen LogP contribution in [-0.4, -0.2) is 50.2 Å². The first-order chi connectivity index (χ1) is 11.1. The van der Waals surface area contributed by atoms with E-state index in [1.165, 1.54) is 16.4 Å². The fourth-order valence-corrected chi connectivity index (χ4v) is 2.51. The van der Waals surface area contributed by atoms with Crippen LogP contribution in [-0.2, 0) is 14.3 Å². The maximum atomic E-state index is 11.9. The third kappa shape index (κ3) is 5.18. The standard InChI is InChI=1S/C13H15N5O3S2/c1-2-21-12(20)8-23-7-11(19)14-9-4-3-5-10(6-9)18-13(22)15-16-17-18/h3-6H,2,7-8H2,1H3,(H,14,19)(H,15,17,22). The van der Waals surface area contributed by atoms with Crippen molar-refractivity contribution in [3.63, 3.8) is 0 Å². The molecule has 0 aliphatic carbocycles. The lowest BCUT2D eigenvalue weighted by Gasteiger charge is -2.07. The van der Waals surface area contributed by atoms with Gasteiger partial charge in [0.15, 0.2) is 0 Å². The summed E-state index contributed by atoms with van der Waals surface area (Å²) in [4.78, 5) is 23.1. The molecule has 0 saturated carbocycles. The summed E-state index contributed by atoms with van der Waals surface area (Å²) in [5.74, 6) is -0.221. The Balaban J connectivity index is 1.90. The number of amides is 1. The van der Waals surface area contributed by atoms with Gasteiger partial charge in [-0.3, -0.25) is 9.59 Å². The third-order valence-corrected chi connectivity index (χ3v) is 3.79. The van der Waals surface area contributed by atoms with Crippen molar-refractivity contribution in [3.05, 3.63) is 29.0 Å². The fraction of sp³-hybridized carbons (Fsp3) is 0.308. The highest BCUT2D eigenvalue weighted by atomic mass is 32.2. The number of carbonyl (C=O) groups excluding carboxylic acids is 2. The molecule has 1 aromatic carbocycles. The summed E-state index contributed by atoms with van der Waals surface area (Å²) >= 11 is 6.22. The number of hydrogen-bond acceptors (Lipinski definition) is 7. The Kier molecular flexibility index (Phi) is 6.29. The molecular weight excluding hydrogens is 338 g/mol. The van der Waals surface area contributed by atoms with Crippen molar-refractivity contribution in [2.75, 3.05) is 23.4 Å². The van der Waals surface area contributed by atoms with E-state index in [2.05, 4.69) is 20.8 Å². The van der Waals surface area contributed by atoms with Crippen LogP contribution in [0.5, 0.6) is 0 Å². The summed E-state index contributed by atoms with van der Waals surface area (Å²) in [7, 11) is 0. The predicted molar refractivity (Wildman–Crippen MR) is 89.1 cm³/mol. The van der Waals surface area contributed by atoms with Gasteiger partial charge in [-0.1, -0.05) is 16.4 Å². The van der Waals surface area contributed by atoms with Crippen LogP contribution in [0.25, 0.3) is 5.69 Å². The number of H-pyrrole nitrogens is 1. The van der Waals surface area contributed by atoms with Gasteiger partial charge in [-0.2, -0.15) is 5.21 Å². The Bertz CT molecular complexity index is 743. The zero-order chi connectivity index (χ0) is 16.7. The quantitative estimate of drug-likeness (QED) is 0.575. The van der Waals surface area contributed by atoms with E-state index in [4.69, 9.17) is 17.0 Å². The van der Waals surface area contributed by atoms with E-state index < -0.39 is 0 Å². The van der Waals surface area contributed by atoms with Crippen molar-refractivity contribution < 1.29 is 14.3 Å². The van der Waals surface area contributed by atoms with Crippen molar-refractivity contribution >= 4 is 41.5 Å². The van der Waals surface area contributed by atoms with Gasteiger partial charge in [0, 0.05) is 5.69 Å². The smallest absolute Gasteiger partial charge is 0.315 e. The number of thioether (sulfide) groups is 1. The van der Waals surface area contributed by atoms with Gasteiger partial charge in [0.25, 0.3) is 0 Å². The Hall–Kier alpha value is -2.20. The number of rotatable bonds is 7. The van der Waals surface area contributed by atoms with Crippen LogP contribution < -0.4 is 5.32 Å². The SMILES string of the molecule is CCOC(=O)CSCC(=O)Nc1cccc(-n2[nH]nnc2=S)c1. The van der Waals surface area contributed by atoms with E-state index in [0.717, 1.165) is 0 Å². The van der Waals surface area contributed by atoms with Crippen molar-refractivity contribution in [2.24, 2.45) is 0 Å². The molecule has 0 bridgehead atoms. The van der Waals surface area contributed by atoms with Crippen molar-refractivity contribution in [3.8, 4) is 5.69 Å². The summed E-state index contributed by atoms with van der Waals surface area (Å²) in [6.07, 6.45) is 0. The van der Waals surface area contributed by atoms with Crippen molar-refractivity contribution in [2.45, 2.75) is 6.92 Å². The van der Waals surface area contributed by atoms with E-state index in [9.17, 15) is 9.59 Å². The molecule has 0 aliphatic heterocycles. The number of nitrogens with one attached hydrogen (secondary N) is 2. The van der Waals surface area contributed by atoms with Crippen molar-refractivity contribution in [1.82, 2.24) is 20.2 Å². The summed E-state index contributed by atoms with van der Waals surface area (Å²) < 4.78 is 6.60. The number of aromatic amines is 1. The summed E-state index contributed by atoms with van der Waals surface area (Å²) in [6, 6.07) is 7.08. The van der Waals surface area contributed by atoms with E-state index in [1.54, 1.807) is 31.2 Å². The molecule has 10 heteroatoms. The van der Waals surface area contributed by atoms with Crippen molar-refractivity contribution in [1.29, 1.82) is 0 Å².